The molecular weight excluding hydrogens is 508 g/mol. The van der Waals surface area contributed by atoms with Crippen LogP contribution in [-0.4, -0.2) is 78.8 Å². The molecule has 4 atom stereocenters. The zero-order valence-corrected chi connectivity index (χ0v) is 20.8. The van der Waals surface area contributed by atoms with Gasteiger partial charge in [-0.25, -0.2) is 4.98 Å². The molecule has 0 bridgehead atoms. The van der Waals surface area contributed by atoms with E-state index in [9.17, 15) is 34.8 Å². The number of aliphatic hydroxyl groups is 3. The molecule has 1 aromatic carbocycles. The van der Waals surface area contributed by atoms with Crippen LogP contribution in [0.15, 0.2) is 41.6 Å². The fourth-order valence-electron chi connectivity index (χ4n) is 6.64. The summed E-state index contributed by atoms with van der Waals surface area (Å²) in [6.45, 7) is 0.909. The molecule has 1 saturated heterocycles. The van der Waals surface area contributed by atoms with Crippen molar-refractivity contribution in [3.05, 3.63) is 52.7 Å². The van der Waals surface area contributed by atoms with Gasteiger partial charge in [0.1, 0.15) is 22.8 Å². The molecule has 2 heterocycles. The first-order valence-corrected chi connectivity index (χ1v) is 12.8. The predicted molar refractivity (Wildman–Crippen MR) is 135 cm³/mol. The van der Waals surface area contributed by atoms with Crippen molar-refractivity contribution in [1.82, 2.24) is 15.3 Å². The second kappa shape index (κ2) is 9.04. The maximum absolute atomic E-state index is 14.0. The lowest BCUT2D eigenvalue weighted by Gasteiger charge is -2.49. The van der Waals surface area contributed by atoms with Crippen molar-refractivity contribution in [2.75, 3.05) is 13.2 Å². The largest absolute Gasteiger partial charge is 0.508 e. The first kappa shape index (κ1) is 25.3. The standard InChI is InChI=1S/C27H28N4O8/c28-26(37)20-23(34)21(31-12-3-5-39-6-4-12)15-8-11-7-14-13(16-9-29-10-30-16)1-2-17(32)19(14)22(33)18(11)24(35)27(15,38)25(20)36/h1-2,9-12,15,21,31-33,36,38H,3-8H2,(H2,28,37)(H,29,30). The molecular formula is C27H28N4O8. The second-order valence-corrected chi connectivity index (χ2v) is 10.5. The Hall–Kier alpha value is -4.00. The van der Waals surface area contributed by atoms with Crippen LogP contribution in [0.5, 0.6) is 5.75 Å². The molecule has 1 saturated carbocycles. The number of nitrogens with two attached hydrogens (primary N) is 1. The molecule has 1 aromatic heterocycles. The van der Waals surface area contributed by atoms with Gasteiger partial charge < -0.3 is 41.2 Å². The number of aromatic hydroxyl groups is 1. The zero-order valence-electron chi connectivity index (χ0n) is 20.8. The summed E-state index contributed by atoms with van der Waals surface area (Å²) in [5.74, 6) is -6.83. The number of carbonyl (C=O) groups is 3. The summed E-state index contributed by atoms with van der Waals surface area (Å²) in [6, 6.07) is 1.67. The van der Waals surface area contributed by atoms with Crippen LogP contribution >= 0.6 is 0 Å². The highest BCUT2D eigenvalue weighted by molar-refractivity contribution is 6.24. The third kappa shape index (κ3) is 3.63. The van der Waals surface area contributed by atoms with Crippen molar-refractivity contribution in [2.24, 2.45) is 17.6 Å². The quantitative estimate of drug-likeness (QED) is 0.270. The molecule has 0 radical (unpaired) electrons. The van der Waals surface area contributed by atoms with Crippen LogP contribution in [0.1, 0.15) is 30.4 Å². The van der Waals surface area contributed by atoms with Gasteiger partial charge in [-0.1, -0.05) is 0 Å². The topological polar surface area (TPSA) is 208 Å². The number of benzene rings is 1. The van der Waals surface area contributed by atoms with Gasteiger partial charge in [-0.2, -0.15) is 0 Å². The third-order valence-corrected chi connectivity index (χ3v) is 8.51. The van der Waals surface area contributed by atoms with E-state index in [0.29, 0.717) is 42.9 Å². The van der Waals surface area contributed by atoms with Gasteiger partial charge in [0.15, 0.2) is 11.4 Å². The monoisotopic (exact) mass is 536 g/mol. The van der Waals surface area contributed by atoms with Crippen LogP contribution < -0.4 is 11.1 Å². The Bertz CT molecular complexity index is 1460. The van der Waals surface area contributed by atoms with E-state index in [4.69, 9.17) is 10.5 Å². The van der Waals surface area contributed by atoms with Crippen molar-refractivity contribution in [1.29, 1.82) is 0 Å². The molecule has 3 aliphatic carbocycles. The van der Waals surface area contributed by atoms with Crippen molar-refractivity contribution in [3.8, 4) is 17.0 Å². The van der Waals surface area contributed by atoms with E-state index < -0.39 is 58.0 Å². The van der Waals surface area contributed by atoms with E-state index in [1.165, 1.54) is 12.4 Å². The molecule has 1 amide bonds. The summed E-state index contributed by atoms with van der Waals surface area (Å²) in [4.78, 5) is 46.8. The van der Waals surface area contributed by atoms with Crippen LogP contribution in [0.2, 0.25) is 0 Å². The Kier molecular flexibility index (Phi) is 5.86. The van der Waals surface area contributed by atoms with E-state index in [1.807, 2.05) is 0 Å². The molecule has 39 heavy (non-hydrogen) atoms. The molecule has 204 valence electrons. The smallest absolute Gasteiger partial charge is 0.255 e. The summed E-state index contributed by atoms with van der Waals surface area (Å²) < 4.78 is 5.39. The molecule has 0 spiro atoms. The Morgan fingerprint density at radius 3 is 2.59 bits per heavy atom. The number of nitrogens with zero attached hydrogens (tertiary/aromatic N) is 1. The number of H-pyrrole nitrogens is 1. The van der Waals surface area contributed by atoms with E-state index in [-0.39, 0.29) is 35.8 Å². The number of aromatic amines is 1. The van der Waals surface area contributed by atoms with E-state index in [1.54, 1.807) is 12.3 Å². The van der Waals surface area contributed by atoms with Gasteiger partial charge in [-0.3, -0.25) is 14.4 Å². The number of ether oxygens (including phenoxy) is 1. The second-order valence-electron chi connectivity index (χ2n) is 10.5. The number of Topliss-reactive ketones (excluding diaryl/α,β-unsaturated/α-hetero) is 2. The van der Waals surface area contributed by atoms with E-state index in [2.05, 4.69) is 15.3 Å². The normalized spacial score (nSPS) is 29.2. The number of nitrogens with one attached hydrogen (secondary N) is 2. The SMILES string of the molecule is NC(=O)C1=C(O)C2(O)C(=O)C3=C(O)c4c(O)ccc(-c5cnc[nH]5)c4CC3CC2C(NC2CCOCC2)C1=O. The fraction of sp³-hybridized carbons (Fsp3) is 0.407. The third-order valence-electron chi connectivity index (χ3n) is 8.51. The number of fused-ring (bicyclic) bond motifs is 3. The van der Waals surface area contributed by atoms with Crippen LogP contribution in [0, 0.1) is 11.8 Å². The Balaban J connectivity index is 1.51. The number of phenols is 1. The first-order valence-electron chi connectivity index (χ1n) is 12.8. The average Bonchev–Trinajstić information content (AvgIpc) is 3.44. The Morgan fingerprint density at radius 2 is 1.92 bits per heavy atom. The van der Waals surface area contributed by atoms with Gasteiger partial charge in [0, 0.05) is 36.3 Å². The molecule has 2 fully saturated rings. The highest BCUT2D eigenvalue weighted by Gasteiger charge is 2.64. The van der Waals surface area contributed by atoms with Gasteiger partial charge in [-0.15, -0.1) is 0 Å². The molecule has 8 N–H and O–H groups in total. The summed E-state index contributed by atoms with van der Waals surface area (Å²) in [5, 5.41) is 48.1. The minimum Gasteiger partial charge on any atom is -0.508 e. The molecule has 1 aliphatic heterocycles. The minimum absolute atomic E-state index is 0.0157. The molecule has 4 aliphatic rings. The lowest BCUT2D eigenvalue weighted by molar-refractivity contribution is -0.150. The van der Waals surface area contributed by atoms with Crippen LogP contribution in [0.25, 0.3) is 17.0 Å². The number of imidazole rings is 1. The van der Waals surface area contributed by atoms with Gasteiger partial charge in [0.25, 0.3) is 5.91 Å². The number of rotatable bonds is 4. The number of hydrogen-bond acceptors (Lipinski definition) is 10. The van der Waals surface area contributed by atoms with Gasteiger partial charge in [-0.05, 0) is 49.3 Å². The molecule has 12 heteroatoms. The van der Waals surface area contributed by atoms with Gasteiger partial charge in [0.05, 0.1) is 29.8 Å². The van der Waals surface area contributed by atoms with Crippen molar-refractivity contribution < 1.29 is 39.5 Å². The van der Waals surface area contributed by atoms with E-state index >= 15 is 0 Å². The minimum atomic E-state index is -2.69. The van der Waals surface area contributed by atoms with Crippen molar-refractivity contribution in [3.63, 3.8) is 0 Å². The van der Waals surface area contributed by atoms with Crippen LogP contribution in [0.3, 0.4) is 0 Å². The Morgan fingerprint density at radius 1 is 1.18 bits per heavy atom. The lowest BCUT2D eigenvalue weighted by atomic mass is 9.57. The summed E-state index contributed by atoms with van der Waals surface area (Å²) in [5.41, 5.74) is 3.61. The van der Waals surface area contributed by atoms with Crippen LogP contribution in [-0.2, 0) is 25.5 Å². The average molecular weight is 537 g/mol. The summed E-state index contributed by atoms with van der Waals surface area (Å²) in [6.07, 6.45) is 4.44. The lowest BCUT2D eigenvalue weighted by Crippen LogP contribution is -2.67. The van der Waals surface area contributed by atoms with Crippen LogP contribution in [0.4, 0.5) is 0 Å². The molecule has 12 nitrogen and oxygen atoms in total. The number of amides is 1. The fourth-order valence-corrected chi connectivity index (χ4v) is 6.64. The highest BCUT2D eigenvalue weighted by Crippen LogP contribution is 2.53. The zero-order chi connectivity index (χ0) is 27.6. The maximum atomic E-state index is 14.0. The molecule has 2 aromatic rings. The maximum Gasteiger partial charge on any atom is 0.255 e. The number of carbonyl (C=O) groups excluding carboxylic acids is 3. The van der Waals surface area contributed by atoms with Gasteiger partial charge in [0.2, 0.25) is 5.78 Å². The number of aliphatic hydroxyl groups excluding tert-OH is 2. The number of ketones is 2. The number of aromatic nitrogens is 2. The summed E-state index contributed by atoms with van der Waals surface area (Å²) in [7, 11) is 0. The van der Waals surface area contributed by atoms with E-state index in [0.717, 1.165) is 0 Å². The summed E-state index contributed by atoms with van der Waals surface area (Å²) >= 11 is 0. The first-order chi connectivity index (χ1) is 18.6. The van der Waals surface area contributed by atoms with Crippen molar-refractivity contribution >= 4 is 23.2 Å². The predicted octanol–water partition coefficient (Wildman–Crippen LogP) is 0.561. The van der Waals surface area contributed by atoms with Crippen molar-refractivity contribution in [2.45, 2.75) is 43.4 Å². The molecule has 6 rings (SSSR count). The molecule has 4 unspecified atom stereocenters. The number of primary amides is 1. The highest BCUT2D eigenvalue weighted by atomic mass is 16.5. The van der Waals surface area contributed by atoms with Gasteiger partial charge >= 0.3 is 0 Å². The number of phenolic OH excluding ortho intramolecular Hbond substituents is 1. The Labute approximate surface area is 222 Å². The number of hydrogen-bond donors (Lipinski definition) is 7.